The summed E-state index contributed by atoms with van der Waals surface area (Å²) in [5, 5.41) is 12.1. The summed E-state index contributed by atoms with van der Waals surface area (Å²) in [6, 6.07) is 13.8. The number of allylic oxidation sites excluding steroid dienone is 5. The Morgan fingerprint density at radius 1 is 1.12 bits per heavy atom. The van der Waals surface area contributed by atoms with Crippen LogP contribution in [0.4, 0.5) is 0 Å². The number of hydrogen-bond acceptors (Lipinski definition) is 3. The SMILES string of the molecule is CCc1ccc(-c2ccc(Cl)cc2)cc1C1=C(O)C2(C)CC(C3=CC=C(C)C=CC3)C(O2)C1=O. The fraction of sp³-hybridized carbons (Fsp3) is 0.300. The summed E-state index contributed by atoms with van der Waals surface area (Å²) in [6.07, 6.45) is 9.99. The molecule has 2 heterocycles. The van der Waals surface area contributed by atoms with E-state index in [-0.39, 0.29) is 17.5 Å². The molecule has 3 nitrogen and oxygen atoms in total. The van der Waals surface area contributed by atoms with Gasteiger partial charge in [-0.2, -0.15) is 0 Å². The maximum atomic E-state index is 13.9. The van der Waals surface area contributed by atoms with E-state index in [2.05, 4.69) is 50.3 Å². The van der Waals surface area contributed by atoms with Crippen LogP contribution in [0.25, 0.3) is 16.7 Å². The number of halogens is 1. The fourth-order valence-corrected chi connectivity index (χ4v) is 5.52. The summed E-state index contributed by atoms with van der Waals surface area (Å²) in [7, 11) is 0. The Kier molecular flexibility index (Phi) is 5.87. The van der Waals surface area contributed by atoms with Gasteiger partial charge in [0, 0.05) is 10.9 Å². The molecule has 0 aromatic heterocycles. The van der Waals surface area contributed by atoms with Gasteiger partial charge >= 0.3 is 0 Å². The van der Waals surface area contributed by atoms with Gasteiger partial charge in [0.15, 0.2) is 5.78 Å². The first-order valence-electron chi connectivity index (χ1n) is 11.9. The summed E-state index contributed by atoms with van der Waals surface area (Å²) in [5.41, 5.74) is 5.71. The number of carbonyl (C=O) groups excluding carboxylic acids is 1. The van der Waals surface area contributed by atoms with E-state index >= 15 is 0 Å². The molecule has 1 fully saturated rings. The van der Waals surface area contributed by atoms with Crippen LogP contribution in [0.2, 0.25) is 5.02 Å². The first-order valence-corrected chi connectivity index (χ1v) is 12.3. The van der Waals surface area contributed by atoms with E-state index < -0.39 is 11.7 Å². The average Bonchev–Trinajstić information content (AvgIpc) is 3.01. The first-order chi connectivity index (χ1) is 16.3. The van der Waals surface area contributed by atoms with Crippen LogP contribution in [0.15, 0.2) is 83.7 Å². The van der Waals surface area contributed by atoms with Gasteiger partial charge in [-0.15, -0.1) is 0 Å². The number of aliphatic hydroxyl groups is 1. The van der Waals surface area contributed by atoms with Crippen molar-refractivity contribution in [3.05, 3.63) is 99.8 Å². The minimum Gasteiger partial charge on any atom is -0.508 e. The smallest absolute Gasteiger partial charge is 0.196 e. The highest BCUT2D eigenvalue weighted by Crippen LogP contribution is 2.51. The molecule has 0 spiro atoms. The van der Waals surface area contributed by atoms with Crippen molar-refractivity contribution in [1.82, 2.24) is 0 Å². The second-order valence-corrected chi connectivity index (χ2v) is 10.1. The zero-order valence-electron chi connectivity index (χ0n) is 19.8. The second-order valence-electron chi connectivity index (χ2n) is 9.66. The third kappa shape index (κ3) is 3.87. The zero-order valence-corrected chi connectivity index (χ0v) is 20.5. The van der Waals surface area contributed by atoms with Crippen molar-refractivity contribution in [2.24, 2.45) is 5.92 Å². The molecule has 1 saturated heterocycles. The molecule has 2 aromatic rings. The van der Waals surface area contributed by atoms with Crippen molar-refractivity contribution in [3.63, 3.8) is 0 Å². The van der Waals surface area contributed by atoms with Crippen LogP contribution in [-0.2, 0) is 16.0 Å². The van der Waals surface area contributed by atoms with E-state index in [1.54, 1.807) is 0 Å². The molecule has 2 aromatic carbocycles. The van der Waals surface area contributed by atoms with Crippen molar-refractivity contribution in [3.8, 4) is 11.1 Å². The van der Waals surface area contributed by atoms with Gasteiger partial charge in [-0.3, -0.25) is 4.79 Å². The van der Waals surface area contributed by atoms with E-state index in [1.165, 1.54) is 11.1 Å². The zero-order chi connectivity index (χ0) is 24.0. The van der Waals surface area contributed by atoms with E-state index in [9.17, 15) is 9.90 Å². The van der Waals surface area contributed by atoms with Crippen LogP contribution in [0, 0.1) is 5.92 Å². The van der Waals surface area contributed by atoms with Gasteiger partial charge in [0.2, 0.25) is 0 Å². The Hall–Kier alpha value is -2.88. The maximum absolute atomic E-state index is 13.9. The molecule has 34 heavy (non-hydrogen) atoms. The standard InChI is InChI=1S/C30H29ClO3/c1-4-19-10-11-22(20-12-14-23(31)15-13-20)16-24(19)26-27(32)28-25(17-30(3,34-28)29(26)33)21-7-5-6-18(2)8-9-21/h5-6,8-16,25,28,33H,4,7,17H2,1-3H3. The van der Waals surface area contributed by atoms with Crippen molar-refractivity contribution in [2.75, 3.05) is 0 Å². The third-order valence-corrected chi connectivity index (χ3v) is 7.57. The predicted octanol–water partition coefficient (Wildman–Crippen LogP) is 7.42. The lowest BCUT2D eigenvalue weighted by molar-refractivity contribution is -0.132. The van der Waals surface area contributed by atoms with Gasteiger partial charge in [-0.05, 0) is 73.6 Å². The Balaban J connectivity index is 1.59. The summed E-state index contributed by atoms with van der Waals surface area (Å²) in [6.45, 7) is 6.04. The maximum Gasteiger partial charge on any atom is 0.196 e. The van der Waals surface area contributed by atoms with Crippen molar-refractivity contribution < 1.29 is 14.6 Å². The summed E-state index contributed by atoms with van der Waals surface area (Å²) in [5.74, 6) is -0.139. The molecule has 2 bridgehead atoms. The number of rotatable bonds is 4. The third-order valence-electron chi connectivity index (χ3n) is 7.31. The highest BCUT2D eigenvalue weighted by molar-refractivity contribution is 6.30. The topological polar surface area (TPSA) is 46.5 Å². The minimum absolute atomic E-state index is 0.0516. The van der Waals surface area contributed by atoms with Crippen molar-refractivity contribution >= 4 is 23.0 Å². The number of aryl methyl sites for hydroxylation is 1. The number of carbonyl (C=O) groups is 1. The molecule has 5 rings (SSSR count). The monoisotopic (exact) mass is 472 g/mol. The molecule has 0 radical (unpaired) electrons. The highest BCUT2D eigenvalue weighted by atomic mass is 35.5. The summed E-state index contributed by atoms with van der Waals surface area (Å²) in [4.78, 5) is 13.9. The lowest BCUT2D eigenvalue weighted by Crippen LogP contribution is -2.38. The molecular formula is C30H29ClO3. The Morgan fingerprint density at radius 3 is 2.59 bits per heavy atom. The molecule has 3 unspecified atom stereocenters. The number of ether oxygens (including phenoxy) is 1. The molecule has 2 aliphatic heterocycles. The van der Waals surface area contributed by atoms with Gasteiger partial charge in [-0.1, -0.05) is 78.2 Å². The molecule has 4 heteroatoms. The average molecular weight is 473 g/mol. The van der Waals surface area contributed by atoms with Gasteiger partial charge in [-0.25, -0.2) is 0 Å². The lowest BCUT2D eigenvalue weighted by atomic mass is 9.85. The minimum atomic E-state index is -0.879. The summed E-state index contributed by atoms with van der Waals surface area (Å²) >= 11 is 6.08. The number of aliphatic hydroxyl groups excluding tert-OH is 1. The molecule has 3 atom stereocenters. The largest absolute Gasteiger partial charge is 0.508 e. The van der Waals surface area contributed by atoms with Crippen molar-refractivity contribution in [1.29, 1.82) is 0 Å². The number of hydrogen-bond donors (Lipinski definition) is 1. The second kappa shape index (κ2) is 8.72. The Bertz CT molecular complexity index is 1280. The van der Waals surface area contributed by atoms with Crippen molar-refractivity contribution in [2.45, 2.75) is 51.7 Å². The molecule has 174 valence electrons. The van der Waals surface area contributed by atoms with Gasteiger partial charge in [0.1, 0.15) is 17.5 Å². The van der Waals surface area contributed by atoms with Gasteiger partial charge in [0.25, 0.3) is 0 Å². The molecule has 1 N–H and O–H groups in total. The normalized spacial score (nSPS) is 26.4. The van der Waals surface area contributed by atoms with E-state index in [1.807, 2.05) is 37.3 Å². The van der Waals surface area contributed by atoms with Crippen LogP contribution in [0.5, 0.6) is 0 Å². The van der Waals surface area contributed by atoms with Crippen LogP contribution >= 0.6 is 11.6 Å². The number of fused-ring (bicyclic) bond motifs is 2. The number of benzene rings is 2. The fourth-order valence-electron chi connectivity index (χ4n) is 5.39. The number of ketones is 1. The molecule has 0 saturated carbocycles. The highest BCUT2D eigenvalue weighted by Gasteiger charge is 2.56. The molecule has 1 aliphatic carbocycles. The van der Waals surface area contributed by atoms with Gasteiger partial charge in [0.05, 0.1) is 5.57 Å². The number of Topliss-reactive ketones (excluding diaryl/α,β-unsaturated/α-hetero) is 1. The quantitative estimate of drug-likeness (QED) is 0.503. The predicted molar refractivity (Wildman–Crippen MR) is 138 cm³/mol. The molecular weight excluding hydrogens is 444 g/mol. The Morgan fingerprint density at radius 2 is 1.85 bits per heavy atom. The van der Waals surface area contributed by atoms with Crippen LogP contribution < -0.4 is 0 Å². The summed E-state index contributed by atoms with van der Waals surface area (Å²) < 4.78 is 6.24. The lowest BCUT2D eigenvalue weighted by Gasteiger charge is -2.31. The van der Waals surface area contributed by atoms with E-state index in [0.29, 0.717) is 17.0 Å². The molecule has 3 aliphatic rings. The first kappa shape index (κ1) is 22.9. The van der Waals surface area contributed by atoms with Gasteiger partial charge < -0.3 is 9.84 Å². The van der Waals surface area contributed by atoms with Crippen LogP contribution in [-0.4, -0.2) is 22.6 Å². The van der Waals surface area contributed by atoms with E-state index in [0.717, 1.165) is 35.1 Å². The Labute approximate surface area is 206 Å². The van der Waals surface area contributed by atoms with Crippen LogP contribution in [0.3, 0.4) is 0 Å². The van der Waals surface area contributed by atoms with E-state index in [4.69, 9.17) is 16.3 Å². The van der Waals surface area contributed by atoms with Crippen LogP contribution in [0.1, 0.15) is 44.7 Å². The molecule has 0 amide bonds.